The number of hydrogen-bond donors (Lipinski definition) is 2. The van der Waals surface area contributed by atoms with Crippen molar-refractivity contribution in [2.24, 2.45) is 12.8 Å². The summed E-state index contributed by atoms with van der Waals surface area (Å²) in [4.78, 5) is 16.9. The molecule has 0 spiro atoms. The van der Waals surface area contributed by atoms with Gasteiger partial charge in [0, 0.05) is 62.6 Å². The molecule has 0 aliphatic heterocycles. The zero-order valence-corrected chi connectivity index (χ0v) is 20.2. The summed E-state index contributed by atoms with van der Waals surface area (Å²) in [6.07, 6.45) is 3.43. The molecule has 8 nitrogen and oxygen atoms in total. The molecule has 1 aromatic carbocycles. The molecular formula is C22H20ClHoN6O2-. The van der Waals surface area contributed by atoms with Gasteiger partial charge in [0.25, 0.3) is 0 Å². The van der Waals surface area contributed by atoms with E-state index in [0.29, 0.717) is 28.0 Å². The van der Waals surface area contributed by atoms with Gasteiger partial charge in [0.1, 0.15) is 16.5 Å². The normalized spacial score (nSPS) is 11.8. The van der Waals surface area contributed by atoms with Crippen molar-refractivity contribution in [3.05, 3.63) is 80.3 Å². The number of pyridine rings is 1. The molecule has 32 heavy (non-hydrogen) atoms. The Kier molecular flexibility index (Phi) is 7.29. The third kappa shape index (κ3) is 4.83. The summed E-state index contributed by atoms with van der Waals surface area (Å²) in [6, 6.07) is 8.20. The van der Waals surface area contributed by atoms with Crippen LogP contribution in [0.1, 0.15) is 29.8 Å². The number of fused-ring (bicyclic) bond motifs is 1. The van der Waals surface area contributed by atoms with Gasteiger partial charge in [-0.2, -0.15) is 5.10 Å². The van der Waals surface area contributed by atoms with Crippen LogP contribution in [0, 0.1) is 44.7 Å². The van der Waals surface area contributed by atoms with Crippen molar-refractivity contribution in [2.75, 3.05) is 5.32 Å². The second kappa shape index (κ2) is 9.62. The summed E-state index contributed by atoms with van der Waals surface area (Å²) in [5, 5.41) is 17.9. The smallest absolute Gasteiger partial charge is 0.193 e. The van der Waals surface area contributed by atoms with E-state index in [4.69, 9.17) is 21.8 Å². The Morgan fingerprint density at radius 2 is 2.06 bits per heavy atom. The van der Waals surface area contributed by atoms with Gasteiger partial charge >= 0.3 is 0 Å². The van der Waals surface area contributed by atoms with Crippen LogP contribution in [0.5, 0.6) is 0 Å². The minimum Gasteiger partial charge on any atom is -0.493 e. The number of nitrogens with one attached hydrogen (secondary N) is 1. The second-order valence-corrected chi connectivity index (χ2v) is 7.78. The third-order valence-electron chi connectivity index (χ3n) is 4.93. The minimum absolute atomic E-state index is 0. The van der Waals surface area contributed by atoms with E-state index >= 15 is 0 Å². The van der Waals surface area contributed by atoms with Crippen LogP contribution in [0.25, 0.3) is 27.7 Å². The van der Waals surface area contributed by atoms with E-state index in [1.807, 2.05) is 19.9 Å². The average molecular weight is 601 g/mol. The van der Waals surface area contributed by atoms with Crippen LogP contribution >= 0.6 is 11.6 Å². The fraction of sp³-hybridized carbons (Fsp3) is 0.182. The van der Waals surface area contributed by atoms with Crippen LogP contribution in [0.4, 0.5) is 5.69 Å². The van der Waals surface area contributed by atoms with Gasteiger partial charge in [-0.05, 0) is 43.4 Å². The van der Waals surface area contributed by atoms with E-state index in [0.717, 1.165) is 11.1 Å². The average Bonchev–Trinajstić information content (AvgIpc) is 3.15. The van der Waals surface area contributed by atoms with Crippen molar-refractivity contribution in [1.29, 1.82) is 0 Å². The van der Waals surface area contributed by atoms with E-state index < -0.39 is 5.84 Å². The molecule has 0 aliphatic rings. The largest absolute Gasteiger partial charge is 0.493 e. The molecule has 0 amide bonds. The van der Waals surface area contributed by atoms with E-state index in [9.17, 15) is 10.2 Å². The monoisotopic (exact) mass is 600 g/mol. The zero-order chi connectivity index (χ0) is 22.3. The predicted molar refractivity (Wildman–Crippen MR) is 122 cm³/mol. The molecule has 3 aromatic heterocycles. The Labute approximate surface area is 219 Å². The molecule has 0 saturated carbocycles. The maximum Gasteiger partial charge on any atom is 0.193 e. The molecular weight excluding hydrogens is 581 g/mol. The Balaban J connectivity index is 0.00000289. The molecule has 10 heteroatoms. The fourth-order valence-corrected chi connectivity index (χ4v) is 3.65. The predicted octanol–water partition coefficient (Wildman–Crippen LogP) is 4.00. The van der Waals surface area contributed by atoms with Crippen LogP contribution in [0.15, 0.2) is 51.9 Å². The molecule has 3 N–H and O–H groups in total. The maximum atomic E-state index is 12.9. The number of rotatable bonds is 5. The standard InChI is InChI=1S/C22H20ClN6O2.Ho/c1-11-6-14(12(2)27-16-4-5-19(23)28-20(16)22(24)25)21-15(7-11)17(30)8-18(31-21)13-9-26-29(3)10-13;/h4-10,12H,1-3H3,(H3-,24,25,27);/q-1;/t12-;/m1./s1. The number of nitrogens with two attached hydrogens (primary N) is 1. The summed E-state index contributed by atoms with van der Waals surface area (Å²) >= 11 is 5.93. The molecule has 0 aliphatic carbocycles. The molecule has 0 unspecified atom stereocenters. The summed E-state index contributed by atoms with van der Waals surface area (Å²) in [6.45, 7) is 3.83. The van der Waals surface area contributed by atoms with Crippen LogP contribution in [0.2, 0.25) is 5.15 Å². The first kappa shape index (κ1) is 24.3. The number of anilines is 1. The van der Waals surface area contributed by atoms with E-state index in [2.05, 4.69) is 15.4 Å². The third-order valence-corrected chi connectivity index (χ3v) is 5.14. The Hall–Kier alpha value is -2.39. The molecule has 169 valence electrons. The van der Waals surface area contributed by atoms with Gasteiger partial charge in [-0.15, -0.1) is 0 Å². The Morgan fingerprint density at radius 1 is 1.31 bits per heavy atom. The van der Waals surface area contributed by atoms with Crippen LogP contribution in [0.3, 0.4) is 0 Å². The van der Waals surface area contributed by atoms with Crippen molar-refractivity contribution >= 4 is 34.1 Å². The van der Waals surface area contributed by atoms with Gasteiger partial charge < -0.3 is 20.9 Å². The summed E-state index contributed by atoms with van der Waals surface area (Å²) in [7, 11) is 1.80. The number of halogens is 1. The van der Waals surface area contributed by atoms with Gasteiger partial charge in [-0.1, -0.05) is 17.7 Å². The Bertz CT molecular complexity index is 1380. The number of nitrogens with zero attached hydrogens (tertiary/aromatic N) is 4. The number of amidine groups is 1. The van der Waals surface area contributed by atoms with Crippen molar-refractivity contribution < 1.29 is 42.2 Å². The van der Waals surface area contributed by atoms with Crippen molar-refractivity contribution in [3.63, 3.8) is 0 Å². The van der Waals surface area contributed by atoms with Crippen molar-refractivity contribution in [1.82, 2.24) is 14.8 Å². The summed E-state index contributed by atoms with van der Waals surface area (Å²) in [5.74, 6) is -0.0126. The number of benzene rings is 1. The number of hydrogen-bond acceptors (Lipinski definition) is 5. The molecule has 4 rings (SSSR count). The van der Waals surface area contributed by atoms with Gasteiger partial charge in [0.2, 0.25) is 0 Å². The minimum atomic E-state index is -0.448. The molecule has 0 saturated heterocycles. The topological polar surface area (TPSA) is 121 Å². The van der Waals surface area contributed by atoms with Gasteiger partial charge in [0.05, 0.1) is 34.6 Å². The molecule has 1 atom stereocenters. The van der Waals surface area contributed by atoms with Crippen LogP contribution in [-0.4, -0.2) is 20.6 Å². The first-order chi connectivity index (χ1) is 14.7. The van der Waals surface area contributed by atoms with Gasteiger partial charge in [0.15, 0.2) is 5.43 Å². The second-order valence-electron chi connectivity index (χ2n) is 7.39. The van der Waals surface area contributed by atoms with E-state index in [-0.39, 0.29) is 60.1 Å². The van der Waals surface area contributed by atoms with Crippen molar-refractivity contribution in [3.8, 4) is 11.3 Å². The van der Waals surface area contributed by atoms with Gasteiger partial charge in [-0.25, -0.2) is 4.98 Å². The fourth-order valence-electron chi connectivity index (χ4n) is 3.50. The zero-order valence-electron chi connectivity index (χ0n) is 17.5. The van der Waals surface area contributed by atoms with E-state index in [1.54, 1.807) is 42.3 Å². The van der Waals surface area contributed by atoms with Crippen LogP contribution in [-0.2, 0) is 7.05 Å². The molecule has 1 radical (unpaired) electrons. The quantitative estimate of drug-likeness (QED) is 0.155. The van der Waals surface area contributed by atoms with Crippen molar-refractivity contribution in [2.45, 2.75) is 19.9 Å². The maximum absolute atomic E-state index is 12.9. The molecule has 4 aromatic rings. The summed E-state index contributed by atoms with van der Waals surface area (Å²) < 4.78 is 7.82. The molecule has 3 heterocycles. The van der Waals surface area contributed by atoms with Crippen LogP contribution < -0.4 is 16.5 Å². The molecule has 0 fully saturated rings. The summed E-state index contributed by atoms with van der Waals surface area (Å²) in [5.41, 5.74) is 8.94. The number of aryl methyl sites for hydroxylation is 2. The first-order valence-electron chi connectivity index (χ1n) is 9.55. The first-order valence-corrected chi connectivity index (χ1v) is 9.93. The number of aromatic nitrogens is 3. The van der Waals surface area contributed by atoms with E-state index in [1.165, 1.54) is 6.07 Å². The molecule has 0 bridgehead atoms. The Morgan fingerprint density at radius 3 is 2.72 bits per heavy atom. The van der Waals surface area contributed by atoms with Gasteiger partial charge in [-0.3, -0.25) is 9.48 Å². The SMILES string of the molecule is Cc1cc([C@@H](C)Nc2ccc(Cl)nc2C(=[N-])N)c2oc(-c3cnn(C)c3)cc(=O)c2c1.[Ho].